The van der Waals surface area contributed by atoms with Crippen LogP contribution in [0.15, 0.2) is 48.5 Å². The normalized spacial score (nSPS) is 17.6. The Labute approximate surface area is 216 Å². The first-order valence-corrected chi connectivity index (χ1v) is 13.4. The second-order valence-electron chi connectivity index (χ2n) is 11.2. The van der Waals surface area contributed by atoms with Gasteiger partial charge in [0.2, 0.25) is 5.91 Å². The Morgan fingerprint density at radius 3 is 2.33 bits per heavy atom. The van der Waals surface area contributed by atoms with Gasteiger partial charge >= 0.3 is 0 Å². The van der Waals surface area contributed by atoms with E-state index < -0.39 is 0 Å². The summed E-state index contributed by atoms with van der Waals surface area (Å²) in [5.41, 5.74) is 4.53. The lowest BCUT2D eigenvalue weighted by Crippen LogP contribution is -2.47. The second-order valence-corrected chi connectivity index (χ2v) is 11.2. The number of nitriles is 1. The summed E-state index contributed by atoms with van der Waals surface area (Å²) in [6.07, 6.45) is 3.46. The van der Waals surface area contributed by atoms with Crippen molar-refractivity contribution in [3.05, 3.63) is 59.7 Å². The van der Waals surface area contributed by atoms with Gasteiger partial charge in [0, 0.05) is 63.1 Å². The first kappa shape index (κ1) is 26.0. The first-order valence-electron chi connectivity index (χ1n) is 13.4. The average Bonchev–Trinajstić information content (AvgIpc) is 2.89. The van der Waals surface area contributed by atoms with Crippen molar-refractivity contribution in [3.8, 4) is 6.07 Å². The molecule has 2 fully saturated rings. The van der Waals surface area contributed by atoms with Crippen LogP contribution in [-0.4, -0.2) is 67.6 Å². The molecule has 1 amide bonds. The van der Waals surface area contributed by atoms with E-state index in [1.807, 2.05) is 29.2 Å². The van der Waals surface area contributed by atoms with Gasteiger partial charge in [0.15, 0.2) is 0 Å². The van der Waals surface area contributed by atoms with Crippen LogP contribution < -0.4 is 10.2 Å². The molecule has 36 heavy (non-hydrogen) atoms. The van der Waals surface area contributed by atoms with Crippen LogP contribution in [0.1, 0.15) is 57.6 Å². The quantitative estimate of drug-likeness (QED) is 0.604. The van der Waals surface area contributed by atoms with Crippen molar-refractivity contribution in [1.29, 1.82) is 5.26 Å². The van der Waals surface area contributed by atoms with Crippen molar-refractivity contribution in [3.63, 3.8) is 0 Å². The molecule has 0 unspecified atom stereocenters. The number of piperidine rings is 1. The molecule has 192 valence electrons. The summed E-state index contributed by atoms with van der Waals surface area (Å²) < 4.78 is 0. The van der Waals surface area contributed by atoms with Crippen LogP contribution >= 0.6 is 0 Å². The predicted octanol–water partition coefficient (Wildman–Crippen LogP) is 4.86. The van der Waals surface area contributed by atoms with Gasteiger partial charge in [-0.3, -0.25) is 9.69 Å². The molecule has 0 spiro atoms. The molecule has 4 rings (SSSR count). The molecule has 2 aliphatic heterocycles. The fourth-order valence-corrected chi connectivity index (χ4v) is 5.20. The molecular weight excluding hydrogens is 446 g/mol. The Bertz CT molecular complexity index is 1040. The summed E-state index contributed by atoms with van der Waals surface area (Å²) >= 11 is 0. The first-order chi connectivity index (χ1) is 17.3. The van der Waals surface area contributed by atoms with Gasteiger partial charge in [-0.2, -0.15) is 5.26 Å². The van der Waals surface area contributed by atoms with Crippen molar-refractivity contribution >= 4 is 17.3 Å². The third-order valence-corrected chi connectivity index (χ3v) is 7.55. The predicted molar refractivity (Wildman–Crippen MR) is 147 cm³/mol. The Balaban J connectivity index is 1.12. The fourth-order valence-electron chi connectivity index (χ4n) is 5.20. The number of nitrogens with zero attached hydrogens (tertiary/aromatic N) is 4. The number of anilines is 2. The monoisotopic (exact) mass is 487 g/mol. The molecular formula is C30H41N5O. The van der Waals surface area contributed by atoms with E-state index >= 15 is 0 Å². The Morgan fingerprint density at radius 1 is 1.00 bits per heavy atom. The number of carbonyl (C=O) groups is 1. The van der Waals surface area contributed by atoms with Gasteiger partial charge in [-0.05, 0) is 67.1 Å². The molecule has 1 N–H and O–H groups in total. The lowest BCUT2D eigenvalue weighted by molar-refractivity contribution is -0.132. The Morgan fingerprint density at radius 2 is 1.69 bits per heavy atom. The van der Waals surface area contributed by atoms with E-state index in [9.17, 15) is 4.79 Å². The van der Waals surface area contributed by atoms with Crippen molar-refractivity contribution in [2.24, 2.45) is 0 Å². The lowest BCUT2D eigenvalue weighted by Gasteiger charge is -2.36. The minimum Gasteiger partial charge on any atom is -0.382 e. The molecule has 6 heteroatoms. The topological polar surface area (TPSA) is 62.6 Å². The maximum absolute atomic E-state index is 12.8. The highest BCUT2D eigenvalue weighted by Gasteiger charge is 2.23. The molecule has 0 atom stereocenters. The number of hydrogen-bond acceptors (Lipinski definition) is 5. The van der Waals surface area contributed by atoms with Crippen LogP contribution in [0.3, 0.4) is 0 Å². The second kappa shape index (κ2) is 11.8. The fraction of sp³-hybridized carbons (Fsp3) is 0.533. The number of likely N-dealkylation sites (tertiary alicyclic amines) is 1. The highest BCUT2D eigenvalue weighted by Crippen LogP contribution is 2.25. The largest absolute Gasteiger partial charge is 0.382 e. The van der Waals surface area contributed by atoms with Gasteiger partial charge in [-0.25, -0.2) is 0 Å². The van der Waals surface area contributed by atoms with Gasteiger partial charge in [-0.1, -0.05) is 39.0 Å². The maximum Gasteiger partial charge on any atom is 0.222 e. The third kappa shape index (κ3) is 7.01. The van der Waals surface area contributed by atoms with Gasteiger partial charge in [0.1, 0.15) is 0 Å². The molecule has 0 aliphatic carbocycles. The molecule has 2 aliphatic rings. The van der Waals surface area contributed by atoms with E-state index in [4.69, 9.17) is 5.26 Å². The summed E-state index contributed by atoms with van der Waals surface area (Å²) in [4.78, 5) is 19.8. The third-order valence-electron chi connectivity index (χ3n) is 7.55. The summed E-state index contributed by atoms with van der Waals surface area (Å²) in [6, 6.07) is 19.2. The molecule has 2 saturated heterocycles. The molecule has 0 aromatic heterocycles. The molecule has 0 radical (unpaired) electrons. The highest BCUT2D eigenvalue weighted by atomic mass is 16.2. The molecule has 0 bridgehead atoms. The molecule has 2 heterocycles. The van der Waals surface area contributed by atoms with Crippen LogP contribution in [0.25, 0.3) is 0 Å². The van der Waals surface area contributed by atoms with Gasteiger partial charge < -0.3 is 15.1 Å². The molecule has 0 saturated carbocycles. The smallest absolute Gasteiger partial charge is 0.222 e. The summed E-state index contributed by atoms with van der Waals surface area (Å²) in [5, 5.41) is 12.6. The number of piperazine rings is 1. The van der Waals surface area contributed by atoms with Crippen LogP contribution in [0.5, 0.6) is 0 Å². The van der Waals surface area contributed by atoms with Crippen molar-refractivity contribution < 1.29 is 4.79 Å². The molecule has 2 aromatic rings. The van der Waals surface area contributed by atoms with Gasteiger partial charge in [0.25, 0.3) is 0 Å². The standard InChI is InChI=1S/C30H41N5O/c1-30(2,3)25-9-11-28(12-10-25)34-20-18-33(19-21-34)15-5-8-29(36)35-16-13-26(14-17-35)32-27-7-4-6-24(22-27)23-31/h4,6-7,9-12,22,26,32H,5,8,13-21H2,1-3H3. The molecule has 2 aromatic carbocycles. The number of rotatable bonds is 7. The van der Waals surface area contributed by atoms with Crippen molar-refractivity contribution in [1.82, 2.24) is 9.80 Å². The number of benzene rings is 2. The Kier molecular flexibility index (Phi) is 8.53. The number of amides is 1. The minimum absolute atomic E-state index is 0.187. The minimum atomic E-state index is 0.187. The van der Waals surface area contributed by atoms with Crippen LogP contribution in [0.4, 0.5) is 11.4 Å². The van der Waals surface area contributed by atoms with E-state index in [0.717, 1.165) is 70.8 Å². The maximum atomic E-state index is 12.8. The SMILES string of the molecule is CC(C)(C)c1ccc(N2CCN(CCCC(=O)N3CCC(Nc4cccc(C#N)c4)CC3)CC2)cc1. The Hall–Kier alpha value is -3.04. The zero-order valence-electron chi connectivity index (χ0n) is 22.2. The number of carbonyl (C=O) groups excluding carboxylic acids is 1. The van der Waals surface area contributed by atoms with E-state index in [2.05, 4.69) is 66.2 Å². The van der Waals surface area contributed by atoms with Crippen molar-refractivity contribution in [2.45, 2.75) is 57.9 Å². The zero-order valence-corrected chi connectivity index (χ0v) is 22.2. The van der Waals surface area contributed by atoms with E-state index in [1.165, 1.54) is 11.3 Å². The van der Waals surface area contributed by atoms with E-state index in [1.54, 1.807) is 0 Å². The van der Waals surface area contributed by atoms with E-state index in [0.29, 0.717) is 18.0 Å². The van der Waals surface area contributed by atoms with Crippen LogP contribution in [-0.2, 0) is 10.2 Å². The summed E-state index contributed by atoms with van der Waals surface area (Å²) in [7, 11) is 0. The van der Waals surface area contributed by atoms with Crippen LogP contribution in [0, 0.1) is 11.3 Å². The van der Waals surface area contributed by atoms with E-state index in [-0.39, 0.29) is 11.3 Å². The van der Waals surface area contributed by atoms with Gasteiger partial charge in [0.05, 0.1) is 11.6 Å². The number of nitrogens with one attached hydrogen (secondary N) is 1. The highest BCUT2D eigenvalue weighted by molar-refractivity contribution is 5.76. The van der Waals surface area contributed by atoms with Crippen LogP contribution in [0.2, 0.25) is 0 Å². The summed E-state index contributed by atoms with van der Waals surface area (Å²) in [6.45, 7) is 13.6. The number of hydrogen-bond donors (Lipinski definition) is 1. The van der Waals surface area contributed by atoms with Crippen molar-refractivity contribution in [2.75, 3.05) is 56.0 Å². The molecule has 6 nitrogen and oxygen atoms in total. The zero-order chi connectivity index (χ0) is 25.5. The van der Waals surface area contributed by atoms with Gasteiger partial charge in [-0.15, -0.1) is 0 Å². The summed E-state index contributed by atoms with van der Waals surface area (Å²) in [5.74, 6) is 0.289. The lowest BCUT2D eigenvalue weighted by atomic mass is 9.87. The average molecular weight is 488 g/mol.